The molecule has 0 radical (unpaired) electrons. The SMILES string of the molecule is CC1(C)c2ccccc2N(CCO)C12C=Nc1c(c(CBr)cc3ccccc13)O2. The van der Waals surface area contributed by atoms with E-state index in [-0.39, 0.29) is 12.0 Å². The van der Waals surface area contributed by atoms with Crippen LogP contribution in [0, 0.1) is 0 Å². The van der Waals surface area contributed by atoms with Crippen LogP contribution in [0.4, 0.5) is 11.4 Å². The molecule has 29 heavy (non-hydrogen) atoms. The lowest BCUT2D eigenvalue weighted by atomic mass is 9.77. The summed E-state index contributed by atoms with van der Waals surface area (Å²) in [4.78, 5) is 7.14. The fourth-order valence-electron chi connectivity index (χ4n) is 4.79. The Morgan fingerprint density at radius 2 is 1.86 bits per heavy atom. The number of rotatable bonds is 3. The lowest BCUT2D eigenvalue weighted by molar-refractivity contribution is 0.0735. The number of anilines is 1. The standard InChI is InChI=1S/C24H23BrN2O2/c1-23(2)19-9-5-6-10-20(19)27(11-12-28)24(23)15-26-21-18-8-4-3-7-16(18)13-17(14-25)22(21)29-24/h3-10,13,15,28H,11-12,14H2,1-2H3. The maximum Gasteiger partial charge on any atom is 0.229 e. The number of benzene rings is 3. The van der Waals surface area contributed by atoms with Crippen LogP contribution in [0.15, 0.2) is 59.6 Å². The van der Waals surface area contributed by atoms with Gasteiger partial charge in [0, 0.05) is 28.5 Å². The largest absolute Gasteiger partial charge is 0.459 e. The Morgan fingerprint density at radius 1 is 1.10 bits per heavy atom. The Balaban J connectivity index is 1.76. The average molecular weight is 451 g/mol. The van der Waals surface area contributed by atoms with E-state index in [1.165, 1.54) is 5.56 Å². The van der Waals surface area contributed by atoms with Crippen molar-refractivity contribution in [1.82, 2.24) is 0 Å². The van der Waals surface area contributed by atoms with E-state index < -0.39 is 5.72 Å². The van der Waals surface area contributed by atoms with Gasteiger partial charge in [0.05, 0.1) is 18.2 Å². The van der Waals surface area contributed by atoms with E-state index in [0.29, 0.717) is 11.9 Å². The summed E-state index contributed by atoms with van der Waals surface area (Å²) < 4.78 is 6.91. The van der Waals surface area contributed by atoms with E-state index in [9.17, 15) is 5.11 Å². The summed E-state index contributed by atoms with van der Waals surface area (Å²) in [5.41, 5.74) is 3.08. The molecule has 2 aliphatic heterocycles. The third kappa shape index (κ3) is 2.44. The maximum absolute atomic E-state index is 9.82. The number of hydrogen-bond acceptors (Lipinski definition) is 4. The molecule has 5 rings (SSSR count). The zero-order valence-electron chi connectivity index (χ0n) is 16.5. The third-order valence-corrected chi connectivity index (χ3v) is 6.92. The van der Waals surface area contributed by atoms with Crippen LogP contribution >= 0.6 is 15.9 Å². The molecule has 5 heteroatoms. The smallest absolute Gasteiger partial charge is 0.229 e. The predicted molar refractivity (Wildman–Crippen MR) is 122 cm³/mol. The summed E-state index contributed by atoms with van der Waals surface area (Å²) in [6, 6.07) is 18.8. The van der Waals surface area contributed by atoms with E-state index in [2.05, 4.69) is 71.1 Å². The van der Waals surface area contributed by atoms with Crippen molar-refractivity contribution in [2.24, 2.45) is 4.99 Å². The Kier molecular flexibility index (Phi) is 4.23. The molecular weight excluding hydrogens is 428 g/mol. The molecule has 1 unspecified atom stereocenters. The van der Waals surface area contributed by atoms with Crippen LogP contribution in [0.1, 0.15) is 25.0 Å². The van der Waals surface area contributed by atoms with Gasteiger partial charge in [-0.15, -0.1) is 0 Å². The Morgan fingerprint density at radius 3 is 2.66 bits per heavy atom. The van der Waals surface area contributed by atoms with Crippen molar-refractivity contribution in [3.8, 4) is 5.75 Å². The van der Waals surface area contributed by atoms with Gasteiger partial charge in [-0.1, -0.05) is 58.4 Å². The number of halogens is 1. The molecule has 0 amide bonds. The van der Waals surface area contributed by atoms with Gasteiger partial charge in [-0.2, -0.15) is 0 Å². The van der Waals surface area contributed by atoms with E-state index in [4.69, 9.17) is 9.73 Å². The molecule has 4 nitrogen and oxygen atoms in total. The highest BCUT2D eigenvalue weighted by Crippen LogP contribution is 2.55. The van der Waals surface area contributed by atoms with Gasteiger partial charge in [-0.3, -0.25) is 4.99 Å². The van der Waals surface area contributed by atoms with Gasteiger partial charge >= 0.3 is 0 Å². The lowest BCUT2D eigenvalue weighted by Gasteiger charge is -2.46. The van der Waals surface area contributed by atoms with Crippen molar-refractivity contribution >= 4 is 44.3 Å². The minimum absolute atomic E-state index is 0.0409. The lowest BCUT2D eigenvalue weighted by Crippen LogP contribution is -2.62. The van der Waals surface area contributed by atoms with Crippen molar-refractivity contribution in [3.05, 3.63) is 65.7 Å². The van der Waals surface area contributed by atoms with E-state index in [0.717, 1.165) is 33.5 Å². The summed E-state index contributed by atoms with van der Waals surface area (Å²) in [5, 5.41) is 12.7. The van der Waals surface area contributed by atoms with Crippen molar-refractivity contribution in [1.29, 1.82) is 0 Å². The molecule has 2 heterocycles. The molecule has 3 aromatic carbocycles. The first kappa shape index (κ1) is 18.6. The monoisotopic (exact) mass is 450 g/mol. The van der Waals surface area contributed by atoms with Crippen LogP contribution in [0.2, 0.25) is 0 Å². The summed E-state index contributed by atoms with van der Waals surface area (Å²) >= 11 is 3.64. The molecule has 3 aromatic rings. The molecule has 1 spiro atoms. The number of alkyl halides is 1. The number of hydrogen-bond donors (Lipinski definition) is 1. The van der Waals surface area contributed by atoms with E-state index in [1.807, 2.05) is 24.4 Å². The second-order valence-electron chi connectivity index (χ2n) is 8.14. The summed E-state index contributed by atoms with van der Waals surface area (Å²) in [5.74, 6) is 0.812. The van der Waals surface area contributed by atoms with Gasteiger partial charge < -0.3 is 14.7 Å². The number of nitrogens with zero attached hydrogens (tertiary/aromatic N) is 2. The van der Waals surface area contributed by atoms with Gasteiger partial charge in [0.2, 0.25) is 5.72 Å². The quantitative estimate of drug-likeness (QED) is 0.549. The van der Waals surface area contributed by atoms with Crippen LogP contribution < -0.4 is 9.64 Å². The molecule has 1 atom stereocenters. The second kappa shape index (κ2) is 6.57. The third-order valence-electron chi connectivity index (χ3n) is 6.31. The molecule has 0 bridgehead atoms. The van der Waals surface area contributed by atoms with Crippen LogP contribution in [-0.2, 0) is 10.7 Å². The highest BCUT2D eigenvalue weighted by molar-refractivity contribution is 9.08. The molecule has 0 aliphatic carbocycles. The molecule has 0 fully saturated rings. The molecule has 0 aromatic heterocycles. The van der Waals surface area contributed by atoms with Crippen molar-refractivity contribution < 1.29 is 9.84 Å². The number of fused-ring (bicyclic) bond motifs is 4. The van der Waals surface area contributed by atoms with Crippen LogP contribution in [0.3, 0.4) is 0 Å². The summed E-state index contributed by atoms with van der Waals surface area (Å²) in [6.07, 6.45) is 1.94. The summed E-state index contributed by atoms with van der Waals surface area (Å²) in [7, 11) is 0. The van der Waals surface area contributed by atoms with Crippen molar-refractivity contribution in [2.45, 2.75) is 30.3 Å². The normalized spacial score (nSPS) is 21.3. The number of β-amino-alcohol motifs (C(OH)–C–C–N with tert-alkyl or cyclic N) is 1. The molecule has 0 saturated heterocycles. The minimum atomic E-state index is -0.800. The van der Waals surface area contributed by atoms with Crippen LogP contribution in [0.5, 0.6) is 5.75 Å². The predicted octanol–water partition coefficient (Wildman–Crippen LogP) is 5.32. The van der Waals surface area contributed by atoms with Crippen molar-refractivity contribution in [3.63, 3.8) is 0 Å². The topological polar surface area (TPSA) is 45.1 Å². The molecule has 2 aliphatic rings. The van der Waals surface area contributed by atoms with Gasteiger partial charge in [0.1, 0.15) is 5.69 Å². The first-order chi connectivity index (χ1) is 14.0. The fourth-order valence-corrected chi connectivity index (χ4v) is 5.21. The highest BCUT2D eigenvalue weighted by atomic mass is 79.9. The molecule has 0 saturated carbocycles. The van der Waals surface area contributed by atoms with Crippen LogP contribution in [0.25, 0.3) is 10.8 Å². The first-order valence-corrected chi connectivity index (χ1v) is 11.0. The molecule has 1 N–H and O–H groups in total. The van der Waals surface area contributed by atoms with Crippen LogP contribution in [-0.4, -0.2) is 30.2 Å². The zero-order valence-corrected chi connectivity index (χ0v) is 18.1. The molecule has 148 valence electrons. The van der Waals surface area contributed by atoms with Gasteiger partial charge in [0.15, 0.2) is 5.75 Å². The Labute approximate surface area is 179 Å². The first-order valence-electron chi connectivity index (χ1n) is 9.86. The second-order valence-corrected chi connectivity index (χ2v) is 8.70. The Bertz CT molecular complexity index is 1140. The van der Waals surface area contributed by atoms with Gasteiger partial charge in [-0.05, 0) is 36.9 Å². The summed E-state index contributed by atoms with van der Waals surface area (Å²) in [6.45, 7) is 4.89. The number of para-hydroxylation sites is 1. The minimum Gasteiger partial charge on any atom is -0.459 e. The maximum atomic E-state index is 9.82. The van der Waals surface area contributed by atoms with Crippen molar-refractivity contribution in [2.75, 3.05) is 18.1 Å². The van der Waals surface area contributed by atoms with Gasteiger partial charge in [0.25, 0.3) is 0 Å². The van der Waals surface area contributed by atoms with Gasteiger partial charge in [-0.25, -0.2) is 0 Å². The zero-order chi connectivity index (χ0) is 20.2. The van der Waals surface area contributed by atoms with E-state index in [1.54, 1.807) is 0 Å². The highest BCUT2D eigenvalue weighted by Gasteiger charge is 2.59. The fraction of sp³-hybridized carbons (Fsp3) is 0.292. The number of ether oxygens (including phenoxy) is 1. The molecular formula is C24H23BrN2O2. The number of aliphatic hydroxyl groups is 1. The average Bonchev–Trinajstić information content (AvgIpc) is 2.92. The Hall–Kier alpha value is -2.37. The number of aliphatic imine (C=N–C) groups is 1. The van der Waals surface area contributed by atoms with E-state index >= 15 is 0 Å². The number of aliphatic hydroxyl groups excluding tert-OH is 1.